The van der Waals surface area contributed by atoms with Crippen molar-refractivity contribution in [3.63, 3.8) is 0 Å². The molecule has 0 saturated carbocycles. The third kappa shape index (κ3) is 3.39. The van der Waals surface area contributed by atoms with Crippen LogP contribution >= 0.6 is 15.9 Å². The number of aromatic nitrogens is 1. The van der Waals surface area contributed by atoms with Gasteiger partial charge in [0, 0.05) is 22.7 Å². The van der Waals surface area contributed by atoms with E-state index in [0.29, 0.717) is 10.9 Å². The first-order valence-electron chi connectivity index (χ1n) is 7.52. The maximum atomic E-state index is 11.8. The van der Waals surface area contributed by atoms with E-state index in [2.05, 4.69) is 39.1 Å². The van der Waals surface area contributed by atoms with Crippen molar-refractivity contribution in [1.29, 1.82) is 0 Å². The van der Waals surface area contributed by atoms with Crippen molar-refractivity contribution in [2.24, 2.45) is 0 Å². The molecular formula is C20H16BrNO2. The van der Waals surface area contributed by atoms with Gasteiger partial charge in [-0.2, -0.15) is 0 Å². The highest BCUT2D eigenvalue weighted by molar-refractivity contribution is 9.08. The van der Waals surface area contributed by atoms with Gasteiger partial charge in [-0.25, -0.2) is 4.79 Å². The predicted octanol–water partition coefficient (Wildman–Crippen LogP) is 5.10. The van der Waals surface area contributed by atoms with Crippen LogP contribution in [0.3, 0.4) is 0 Å². The quantitative estimate of drug-likeness (QED) is 0.466. The third-order valence-electron chi connectivity index (χ3n) is 3.82. The number of rotatable bonds is 4. The number of hydrogen-bond acceptors (Lipinski definition) is 3. The van der Waals surface area contributed by atoms with Crippen LogP contribution in [0.2, 0.25) is 0 Å². The van der Waals surface area contributed by atoms with Crippen LogP contribution in [0.4, 0.5) is 0 Å². The van der Waals surface area contributed by atoms with Gasteiger partial charge in [-0.1, -0.05) is 58.4 Å². The average Bonchev–Trinajstić information content (AvgIpc) is 2.67. The molecule has 0 atom stereocenters. The lowest BCUT2D eigenvalue weighted by Gasteiger charge is -2.09. The summed E-state index contributed by atoms with van der Waals surface area (Å²) in [5.41, 5.74) is 5.50. The fraction of sp³-hybridized carbons (Fsp3) is 0.100. The largest absolute Gasteiger partial charge is 0.465 e. The zero-order valence-electron chi connectivity index (χ0n) is 13.2. The van der Waals surface area contributed by atoms with E-state index in [9.17, 15) is 4.79 Å². The van der Waals surface area contributed by atoms with Gasteiger partial charge >= 0.3 is 5.97 Å². The molecule has 0 N–H and O–H groups in total. The van der Waals surface area contributed by atoms with Gasteiger partial charge in [0.05, 0.1) is 18.4 Å². The minimum atomic E-state index is -0.330. The fourth-order valence-corrected chi connectivity index (χ4v) is 3.00. The predicted molar refractivity (Wildman–Crippen MR) is 99.1 cm³/mol. The minimum Gasteiger partial charge on any atom is -0.465 e. The number of alkyl halides is 1. The Kier molecular flexibility index (Phi) is 5.06. The van der Waals surface area contributed by atoms with Crippen molar-refractivity contribution in [2.45, 2.75) is 5.33 Å². The van der Waals surface area contributed by atoms with Gasteiger partial charge in [-0.3, -0.25) is 4.98 Å². The number of hydrogen-bond donors (Lipinski definition) is 0. The molecule has 0 radical (unpaired) electrons. The Morgan fingerprint density at radius 1 is 1.00 bits per heavy atom. The molecule has 0 aliphatic heterocycles. The zero-order valence-corrected chi connectivity index (χ0v) is 14.8. The van der Waals surface area contributed by atoms with E-state index in [1.54, 1.807) is 6.07 Å². The standard InChI is InChI=1S/C20H16BrNO2/c1-24-20(23)18-9-7-15(11-17(18)12-21)19-10-8-16(13-22-19)14-5-3-2-4-6-14/h2-11,13H,12H2,1H3. The van der Waals surface area contributed by atoms with Crippen LogP contribution in [0, 0.1) is 0 Å². The van der Waals surface area contributed by atoms with E-state index in [1.807, 2.05) is 42.6 Å². The number of nitrogens with zero attached hydrogens (tertiary/aromatic N) is 1. The first-order chi connectivity index (χ1) is 11.7. The minimum absolute atomic E-state index is 0.330. The number of pyridine rings is 1. The van der Waals surface area contributed by atoms with Gasteiger partial charge in [0.25, 0.3) is 0 Å². The summed E-state index contributed by atoms with van der Waals surface area (Å²) in [5, 5.41) is 0.577. The summed E-state index contributed by atoms with van der Waals surface area (Å²) in [6.45, 7) is 0. The molecule has 24 heavy (non-hydrogen) atoms. The lowest BCUT2D eigenvalue weighted by Crippen LogP contribution is -2.05. The Morgan fingerprint density at radius 3 is 2.38 bits per heavy atom. The monoisotopic (exact) mass is 381 g/mol. The summed E-state index contributed by atoms with van der Waals surface area (Å²) < 4.78 is 4.81. The first-order valence-corrected chi connectivity index (χ1v) is 8.64. The zero-order chi connectivity index (χ0) is 16.9. The van der Waals surface area contributed by atoms with Crippen molar-refractivity contribution in [3.8, 4) is 22.4 Å². The Morgan fingerprint density at radius 2 is 1.75 bits per heavy atom. The summed E-state index contributed by atoms with van der Waals surface area (Å²) in [4.78, 5) is 16.3. The number of carbonyl (C=O) groups excluding carboxylic acids is 1. The van der Waals surface area contributed by atoms with Gasteiger partial charge in [-0.05, 0) is 29.3 Å². The van der Waals surface area contributed by atoms with Crippen LogP contribution in [0.1, 0.15) is 15.9 Å². The number of ether oxygens (including phenoxy) is 1. The first kappa shape index (κ1) is 16.4. The molecule has 0 spiro atoms. The molecule has 0 unspecified atom stereocenters. The lowest BCUT2D eigenvalue weighted by molar-refractivity contribution is 0.0600. The van der Waals surface area contributed by atoms with Crippen molar-refractivity contribution in [3.05, 3.63) is 78.0 Å². The third-order valence-corrected chi connectivity index (χ3v) is 4.42. The van der Waals surface area contributed by atoms with Gasteiger partial charge < -0.3 is 4.74 Å². The molecule has 1 heterocycles. The van der Waals surface area contributed by atoms with Crippen molar-refractivity contribution >= 4 is 21.9 Å². The maximum absolute atomic E-state index is 11.8. The molecule has 0 amide bonds. The summed E-state index contributed by atoms with van der Waals surface area (Å²) in [7, 11) is 1.39. The Balaban J connectivity index is 1.93. The number of halogens is 1. The highest BCUT2D eigenvalue weighted by Gasteiger charge is 2.12. The smallest absolute Gasteiger partial charge is 0.338 e. The van der Waals surface area contributed by atoms with E-state index in [-0.39, 0.29) is 5.97 Å². The van der Waals surface area contributed by atoms with Crippen LogP contribution in [0.15, 0.2) is 66.9 Å². The van der Waals surface area contributed by atoms with Gasteiger partial charge in [0.1, 0.15) is 0 Å². The second-order valence-corrected chi connectivity index (χ2v) is 5.86. The maximum Gasteiger partial charge on any atom is 0.338 e. The molecule has 4 heteroatoms. The second-order valence-electron chi connectivity index (χ2n) is 5.30. The average molecular weight is 382 g/mol. The van der Waals surface area contributed by atoms with Crippen LogP contribution in [0.25, 0.3) is 22.4 Å². The van der Waals surface area contributed by atoms with E-state index in [0.717, 1.165) is 27.9 Å². The van der Waals surface area contributed by atoms with Crippen LogP contribution in [0.5, 0.6) is 0 Å². The topological polar surface area (TPSA) is 39.2 Å². The number of methoxy groups -OCH3 is 1. The number of benzene rings is 2. The molecule has 3 rings (SSSR count). The van der Waals surface area contributed by atoms with Crippen LogP contribution in [-0.2, 0) is 10.1 Å². The molecule has 0 fully saturated rings. The van der Waals surface area contributed by atoms with Crippen molar-refractivity contribution in [1.82, 2.24) is 4.98 Å². The molecule has 3 aromatic rings. The Hall–Kier alpha value is -2.46. The van der Waals surface area contributed by atoms with Gasteiger partial charge in [-0.15, -0.1) is 0 Å². The van der Waals surface area contributed by atoms with E-state index >= 15 is 0 Å². The molecule has 120 valence electrons. The van der Waals surface area contributed by atoms with E-state index < -0.39 is 0 Å². The molecular weight excluding hydrogens is 366 g/mol. The van der Waals surface area contributed by atoms with Crippen LogP contribution < -0.4 is 0 Å². The SMILES string of the molecule is COC(=O)c1ccc(-c2ccc(-c3ccccc3)cn2)cc1CBr. The summed E-state index contributed by atoms with van der Waals surface area (Å²) >= 11 is 3.43. The second kappa shape index (κ2) is 7.41. The van der Waals surface area contributed by atoms with Gasteiger partial charge in [0.2, 0.25) is 0 Å². The molecule has 0 bridgehead atoms. The van der Waals surface area contributed by atoms with E-state index in [1.165, 1.54) is 7.11 Å². The lowest BCUT2D eigenvalue weighted by atomic mass is 10.0. The summed E-state index contributed by atoms with van der Waals surface area (Å²) in [5.74, 6) is -0.330. The summed E-state index contributed by atoms with van der Waals surface area (Å²) in [6, 6.07) is 19.8. The highest BCUT2D eigenvalue weighted by atomic mass is 79.9. The molecule has 1 aromatic heterocycles. The molecule has 2 aromatic carbocycles. The molecule has 3 nitrogen and oxygen atoms in total. The Bertz CT molecular complexity index is 845. The fourth-order valence-electron chi connectivity index (χ4n) is 2.54. The normalized spacial score (nSPS) is 10.4. The summed E-state index contributed by atoms with van der Waals surface area (Å²) in [6.07, 6.45) is 1.87. The number of esters is 1. The molecule has 0 aliphatic carbocycles. The van der Waals surface area contributed by atoms with Crippen LogP contribution in [-0.4, -0.2) is 18.1 Å². The van der Waals surface area contributed by atoms with Gasteiger partial charge in [0.15, 0.2) is 0 Å². The van der Waals surface area contributed by atoms with E-state index in [4.69, 9.17) is 4.74 Å². The highest BCUT2D eigenvalue weighted by Crippen LogP contribution is 2.25. The molecule has 0 saturated heterocycles. The Labute approximate surface area is 149 Å². The molecule has 0 aliphatic rings. The van der Waals surface area contributed by atoms with Crippen molar-refractivity contribution in [2.75, 3.05) is 7.11 Å². The van der Waals surface area contributed by atoms with Crippen molar-refractivity contribution < 1.29 is 9.53 Å². The number of carbonyl (C=O) groups is 1.